The summed E-state index contributed by atoms with van der Waals surface area (Å²) in [5, 5.41) is 17.7. The second-order valence-electron chi connectivity index (χ2n) is 15.2. The Labute approximate surface area is 355 Å². The zero-order chi connectivity index (χ0) is 43.8. The molecule has 5 aromatic rings. The smallest absolute Gasteiger partial charge is 0.480 e. The molecule has 5 rings (SSSR count). The number of ketones is 2. The summed E-state index contributed by atoms with van der Waals surface area (Å²) in [4.78, 5) is 86.7. The van der Waals surface area contributed by atoms with Gasteiger partial charge in [0.05, 0.1) is 6.04 Å². The quantitative estimate of drug-likeness (QED) is 0.0316. The molecule has 320 valence electrons. The fraction of sp³-hybridized carbons (Fsp3) is 0.298. The van der Waals surface area contributed by atoms with Crippen molar-refractivity contribution in [2.75, 3.05) is 6.54 Å². The molecule has 0 aliphatic heterocycles. The maximum atomic E-state index is 14.4. The van der Waals surface area contributed by atoms with Gasteiger partial charge in [-0.15, -0.1) is 0 Å². The number of nitrogens with two attached hydrogens (primary N) is 1. The number of unbranched alkanes of at least 4 members (excludes halogenated alkanes) is 1. The molecule has 0 heterocycles. The number of Topliss-reactive ketones (excluding diaryl/α,β-unsaturated/α-hetero) is 2. The summed E-state index contributed by atoms with van der Waals surface area (Å²) in [6.45, 7) is 0.344. The van der Waals surface area contributed by atoms with E-state index in [1.54, 1.807) is 0 Å². The Morgan fingerprint density at radius 1 is 0.607 bits per heavy atom. The first-order valence-electron chi connectivity index (χ1n) is 20.2. The largest absolute Gasteiger partial charge is 0.524 e. The molecule has 0 aliphatic rings. The molecule has 5 aromatic carbocycles. The number of carbonyl (C=O) groups is 5. The van der Waals surface area contributed by atoms with Gasteiger partial charge in [-0.1, -0.05) is 122 Å². The van der Waals surface area contributed by atoms with Gasteiger partial charge in [-0.25, -0.2) is 9.36 Å². The topological polar surface area (TPSA) is 222 Å². The van der Waals surface area contributed by atoms with E-state index in [0.717, 1.165) is 27.5 Å². The highest BCUT2D eigenvalue weighted by Gasteiger charge is 2.32. The molecule has 2 amide bonds. The molecule has 0 aromatic heterocycles. The van der Waals surface area contributed by atoms with Gasteiger partial charge in [-0.2, -0.15) is 0 Å². The Balaban J connectivity index is 1.34. The molecule has 0 bridgehead atoms. The van der Waals surface area contributed by atoms with Crippen molar-refractivity contribution in [2.24, 2.45) is 17.6 Å². The van der Waals surface area contributed by atoms with E-state index in [1.807, 2.05) is 103 Å². The van der Waals surface area contributed by atoms with E-state index in [4.69, 9.17) is 15.5 Å². The van der Waals surface area contributed by atoms with E-state index in [-0.39, 0.29) is 56.5 Å². The molecule has 0 saturated carbocycles. The summed E-state index contributed by atoms with van der Waals surface area (Å²) >= 11 is 0. The van der Waals surface area contributed by atoms with E-state index < -0.39 is 55.3 Å². The molecular weight excluding hydrogens is 798 g/mol. The predicted molar refractivity (Wildman–Crippen MR) is 231 cm³/mol. The summed E-state index contributed by atoms with van der Waals surface area (Å²) in [6, 6.07) is 35.1. The Morgan fingerprint density at radius 2 is 1.15 bits per heavy atom. The van der Waals surface area contributed by atoms with E-state index in [1.165, 1.54) is 24.3 Å². The van der Waals surface area contributed by atoms with Crippen LogP contribution in [0.25, 0.3) is 10.8 Å². The monoisotopic (exact) mass is 849 g/mol. The molecule has 0 aliphatic carbocycles. The number of benzene rings is 5. The maximum absolute atomic E-state index is 14.4. The van der Waals surface area contributed by atoms with Crippen LogP contribution in [0, 0.1) is 11.8 Å². The highest BCUT2D eigenvalue weighted by molar-refractivity contribution is 7.46. The Hall–Kier alpha value is -5.98. The number of nitrogens with one attached hydrogen (secondary N) is 2. The lowest BCUT2D eigenvalue weighted by molar-refractivity contribution is -0.142. The van der Waals surface area contributed by atoms with Gasteiger partial charge in [0.1, 0.15) is 17.6 Å². The third kappa shape index (κ3) is 15.2. The molecule has 0 radical (unpaired) electrons. The van der Waals surface area contributed by atoms with Crippen molar-refractivity contribution in [1.29, 1.82) is 0 Å². The summed E-state index contributed by atoms with van der Waals surface area (Å²) in [5.41, 5.74) is 8.63. The van der Waals surface area contributed by atoms with Crippen LogP contribution in [0.1, 0.15) is 54.4 Å². The third-order valence-electron chi connectivity index (χ3n) is 10.4. The van der Waals surface area contributed by atoms with Gasteiger partial charge in [-0.3, -0.25) is 29.0 Å². The number of carbonyl (C=O) groups excluding carboxylic acids is 4. The van der Waals surface area contributed by atoms with Crippen LogP contribution in [0.4, 0.5) is 0 Å². The second kappa shape index (κ2) is 22.6. The van der Waals surface area contributed by atoms with Crippen molar-refractivity contribution in [1.82, 2.24) is 10.6 Å². The van der Waals surface area contributed by atoms with Crippen LogP contribution in [-0.2, 0) is 54.2 Å². The Bertz CT molecular complexity index is 2300. The first kappa shape index (κ1) is 46.1. The molecule has 0 saturated heterocycles. The minimum Gasteiger partial charge on any atom is -0.480 e. The van der Waals surface area contributed by atoms with Crippen molar-refractivity contribution in [2.45, 2.75) is 69.9 Å². The molecule has 61 heavy (non-hydrogen) atoms. The van der Waals surface area contributed by atoms with Gasteiger partial charge in [-0.05, 0) is 77.4 Å². The number of fused-ring (bicyclic) bond motifs is 1. The molecule has 0 fully saturated rings. The van der Waals surface area contributed by atoms with E-state index in [2.05, 4.69) is 15.2 Å². The standard InChI is InChI=1S/C47H52N3O10P/c48-24-10-9-17-38(45(53)50-43(47(55)56)29-34-19-22-41(23-20-34)60-61(57,58)59)31-44(52)42(28-33-13-5-2-6-14-33)49-46(54)39(25-32-11-3-1-4-12-32)30-40(51)27-35-18-21-36-15-7-8-16-37(36)26-35/h1-8,11-16,18-23,26,38-39,42-43H,9-10,17,24-25,27-31,48H2,(H,49,54)(H,50,53)(H,55,56)(H2,57,58,59)/t38-,39-,42+,43+/m1/s1. The fourth-order valence-electron chi connectivity index (χ4n) is 7.26. The van der Waals surface area contributed by atoms with Crippen molar-refractivity contribution in [3.8, 4) is 5.75 Å². The Kier molecular flexibility index (Phi) is 17.1. The number of phosphoric ester groups is 1. The van der Waals surface area contributed by atoms with Crippen LogP contribution in [0.15, 0.2) is 127 Å². The van der Waals surface area contributed by atoms with Crippen LogP contribution in [0.3, 0.4) is 0 Å². The van der Waals surface area contributed by atoms with Crippen molar-refractivity contribution in [3.05, 3.63) is 150 Å². The van der Waals surface area contributed by atoms with Gasteiger partial charge >= 0.3 is 13.8 Å². The predicted octanol–water partition coefficient (Wildman–Crippen LogP) is 5.92. The number of hydrogen-bond donors (Lipinski definition) is 6. The van der Waals surface area contributed by atoms with Gasteiger partial charge in [0.25, 0.3) is 0 Å². The number of carboxylic acids is 1. The number of carboxylic acid groups (broad SMARTS) is 1. The van der Waals surface area contributed by atoms with Gasteiger partial charge < -0.3 is 26.0 Å². The van der Waals surface area contributed by atoms with E-state index in [9.17, 15) is 33.6 Å². The molecule has 0 spiro atoms. The zero-order valence-electron chi connectivity index (χ0n) is 33.7. The number of phosphoric acid groups is 1. The average Bonchev–Trinajstić information content (AvgIpc) is 3.23. The van der Waals surface area contributed by atoms with Crippen molar-refractivity contribution < 1.29 is 48.0 Å². The summed E-state index contributed by atoms with van der Waals surface area (Å²) in [7, 11) is -4.80. The number of hydrogen-bond acceptors (Lipinski definition) is 8. The first-order valence-corrected chi connectivity index (χ1v) is 21.8. The normalized spacial score (nSPS) is 13.4. The summed E-state index contributed by atoms with van der Waals surface area (Å²) in [6.07, 6.45) is 1.21. The van der Waals surface area contributed by atoms with Crippen LogP contribution >= 0.6 is 7.82 Å². The van der Waals surface area contributed by atoms with Crippen LogP contribution < -0.4 is 20.9 Å². The molecular formula is C47H52N3O10P. The molecule has 13 nitrogen and oxygen atoms in total. The minimum atomic E-state index is -4.80. The maximum Gasteiger partial charge on any atom is 0.524 e. The number of aliphatic carboxylic acids is 1. The third-order valence-corrected chi connectivity index (χ3v) is 10.8. The Morgan fingerprint density at radius 3 is 1.77 bits per heavy atom. The average molecular weight is 850 g/mol. The molecule has 7 N–H and O–H groups in total. The second-order valence-corrected chi connectivity index (χ2v) is 16.4. The van der Waals surface area contributed by atoms with E-state index in [0.29, 0.717) is 24.9 Å². The lowest BCUT2D eigenvalue weighted by atomic mass is 9.88. The van der Waals surface area contributed by atoms with E-state index >= 15 is 0 Å². The summed E-state index contributed by atoms with van der Waals surface area (Å²) in [5.74, 6) is -4.92. The first-order chi connectivity index (χ1) is 29.3. The van der Waals surface area contributed by atoms with Crippen LogP contribution in [-0.4, -0.2) is 62.9 Å². The summed E-state index contributed by atoms with van der Waals surface area (Å²) < 4.78 is 15.8. The van der Waals surface area contributed by atoms with Crippen LogP contribution in [0.2, 0.25) is 0 Å². The lowest BCUT2D eigenvalue weighted by Crippen LogP contribution is -2.48. The highest BCUT2D eigenvalue weighted by atomic mass is 31.2. The zero-order valence-corrected chi connectivity index (χ0v) is 34.6. The van der Waals surface area contributed by atoms with Gasteiger partial charge in [0, 0.05) is 37.5 Å². The fourth-order valence-corrected chi connectivity index (χ4v) is 7.66. The number of amides is 2. The number of rotatable bonds is 24. The molecule has 14 heteroatoms. The molecule has 0 unspecified atom stereocenters. The molecule has 4 atom stereocenters. The van der Waals surface area contributed by atoms with Crippen molar-refractivity contribution >= 4 is 47.9 Å². The lowest BCUT2D eigenvalue weighted by Gasteiger charge is -2.25. The minimum absolute atomic E-state index is 0.0695. The van der Waals surface area contributed by atoms with Crippen molar-refractivity contribution in [3.63, 3.8) is 0 Å². The van der Waals surface area contributed by atoms with Crippen LogP contribution in [0.5, 0.6) is 5.75 Å². The van der Waals surface area contributed by atoms with Gasteiger partial charge in [0.2, 0.25) is 11.8 Å². The SMILES string of the molecule is NCCCC[C@H](CC(=O)[C@H](Cc1ccccc1)NC(=O)[C@@H](CC(=O)Cc1ccc2ccccc2c1)Cc1ccccc1)C(=O)N[C@@H](Cc1ccc(OP(=O)(O)O)cc1)C(=O)O. The highest BCUT2D eigenvalue weighted by Crippen LogP contribution is 2.37. The van der Waals surface area contributed by atoms with Gasteiger partial charge in [0.15, 0.2) is 5.78 Å².